The first-order valence-corrected chi connectivity index (χ1v) is 14.1. The Morgan fingerprint density at radius 2 is 1.85 bits per heavy atom. The first-order chi connectivity index (χ1) is 19.4. The van der Waals surface area contributed by atoms with E-state index >= 15 is 0 Å². The van der Waals surface area contributed by atoms with E-state index in [0.29, 0.717) is 63.9 Å². The molecule has 1 saturated heterocycles. The molecule has 4 aromatic rings. The highest BCUT2D eigenvalue weighted by Crippen LogP contribution is 2.45. The van der Waals surface area contributed by atoms with Gasteiger partial charge in [0, 0.05) is 10.6 Å². The molecule has 1 fully saturated rings. The van der Waals surface area contributed by atoms with Gasteiger partial charge in [-0.15, -0.1) is 0 Å². The molecular weight excluding hydrogens is 552 g/mol. The standard InChI is InChI=1S/C30H25ClN2O6S/c1-2-3-12-37-20-8-4-17(5-9-20)26-25(27(34)18-6-11-22-23(15-18)39-14-13-38-22)28(35)29(36)33(26)30-32-21-10-7-19(31)16-24(21)40-30/h4-11,15-16,26,34H,2-3,12-14H2,1H3/t26-/m0/s1. The quantitative estimate of drug-likeness (QED) is 0.116. The molecule has 40 heavy (non-hydrogen) atoms. The van der Waals surface area contributed by atoms with Crippen LogP contribution in [0.4, 0.5) is 5.13 Å². The Hall–Kier alpha value is -4.08. The number of aliphatic hydroxyl groups is 1. The molecule has 204 valence electrons. The Morgan fingerprint density at radius 3 is 2.62 bits per heavy atom. The van der Waals surface area contributed by atoms with Crippen LogP contribution in [0.5, 0.6) is 17.2 Å². The average Bonchev–Trinajstić information content (AvgIpc) is 3.50. The predicted octanol–water partition coefficient (Wildman–Crippen LogP) is 6.53. The zero-order valence-corrected chi connectivity index (χ0v) is 23.1. The molecule has 1 amide bonds. The van der Waals surface area contributed by atoms with Crippen LogP contribution in [-0.2, 0) is 9.59 Å². The van der Waals surface area contributed by atoms with Gasteiger partial charge in [-0.25, -0.2) is 4.98 Å². The zero-order valence-electron chi connectivity index (χ0n) is 21.6. The van der Waals surface area contributed by atoms with Gasteiger partial charge in [0.2, 0.25) is 0 Å². The van der Waals surface area contributed by atoms with Crippen LogP contribution in [0.3, 0.4) is 0 Å². The van der Waals surface area contributed by atoms with Crippen LogP contribution < -0.4 is 19.1 Å². The molecule has 0 aliphatic carbocycles. The number of thiazole rings is 1. The van der Waals surface area contributed by atoms with Gasteiger partial charge in [0.15, 0.2) is 16.6 Å². The molecule has 1 N–H and O–H groups in total. The fraction of sp³-hybridized carbons (Fsp3) is 0.233. The summed E-state index contributed by atoms with van der Waals surface area (Å²) < 4.78 is 17.8. The summed E-state index contributed by atoms with van der Waals surface area (Å²) in [6.45, 7) is 3.48. The number of benzene rings is 3. The summed E-state index contributed by atoms with van der Waals surface area (Å²) >= 11 is 7.43. The third-order valence-electron chi connectivity index (χ3n) is 6.77. The number of carbonyl (C=O) groups excluding carboxylic acids is 2. The Morgan fingerprint density at radius 1 is 1.07 bits per heavy atom. The van der Waals surface area contributed by atoms with Gasteiger partial charge in [0.25, 0.3) is 5.78 Å². The number of ketones is 1. The van der Waals surface area contributed by atoms with Gasteiger partial charge < -0.3 is 19.3 Å². The minimum Gasteiger partial charge on any atom is -0.507 e. The van der Waals surface area contributed by atoms with Crippen molar-refractivity contribution >= 4 is 55.7 Å². The van der Waals surface area contributed by atoms with Crippen LogP contribution in [0.2, 0.25) is 5.02 Å². The maximum absolute atomic E-state index is 13.6. The Balaban J connectivity index is 1.47. The highest BCUT2D eigenvalue weighted by Gasteiger charge is 2.48. The van der Waals surface area contributed by atoms with Gasteiger partial charge in [-0.1, -0.05) is 48.4 Å². The molecule has 0 unspecified atom stereocenters. The number of ether oxygens (including phenoxy) is 3. The number of aromatic nitrogens is 1. The molecule has 6 rings (SSSR count). The third kappa shape index (κ3) is 4.76. The van der Waals surface area contributed by atoms with Crippen molar-refractivity contribution < 1.29 is 28.9 Å². The lowest BCUT2D eigenvalue weighted by Crippen LogP contribution is -2.29. The van der Waals surface area contributed by atoms with Gasteiger partial charge in [0.05, 0.1) is 28.4 Å². The molecule has 10 heteroatoms. The lowest BCUT2D eigenvalue weighted by atomic mass is 9.95. The van der Waals surface area contributed by atoms with Crippen molar-refractivity contribution in [2.45, 2.75) is 25.8 Å². The molecule has 1 aromatic heterocycles. The van der Waals surface area contributed by atoms with E-state index in [-0.39, 0.29) is 11.3 Å². The maximum Gasteiger partial charge on any atom is 0.301 e. The minimum absolute atomic E-state index is 0.0429. The Bertz CT molecular complexity index is 1650. The number of hydrogen-bond acceptors (Lipinski definition) is 8. The second-order valence-corrected chi connectivity index (χ2v) is 10.9. The van der Waals surface area contributed by atoms with Crippen molar-refractivity contribution in [3.8, 4) is 17.2 Å². The second-order valence-electron chi connectivity index (χ2n) is 9.41. The molecule has 0 bridgehead atoms. The van der Waals surface area contributed by atoms with Crippen molar-refractivity contribution in [2.24, 2.45) is 0 Å². The topological polar surface area (TPSA) is 98.2 Å². The average molecular weight is 577 g/mol. The maximum atomic E-state index is 13.6. The van der Waals surface area contributed by atoms with Crippen molar-refractivity contribution in [2.75, 3.05) is 24.7 Å². The third-order valence-corrected chi connectivity index (χ3v) is 8.02. The number of unbranched alkanes of at least 4 members (excludes halogenated alkanes) is 1. The number of halogens is 1. The van der Waals surface area contributed by atoms with Crippen molar-refractivity contribution in [1.29, 1.82) is 0 Å². The Kier molecular flexibility index (Phi) is 7.08. The summed E-state index contributed by atoms with van der Waals surface area (Å²) in [6.07, 6.45) is 1.94. The number of fused-ring (bicyclic) bond motifs is 2. The minimum atomic E-state index is -0.922. The van der Waals surface area contributed by atoms with Crippen molar-refractivity contribution in [3.63, 3.8) is 0 Å². The summed E-state index contributed by atoms with van der Waals surface area (Å²) in [5.41, 5.74) is 1.57. The smallest absolute Gasteiger partial charge is 0.301 e. The van der Waals surface area contributed by atoms with E-state index in [0.717, 1.165) is 17.5 Å². The molecule has 0 spiro atoms. The van der Waals surface area contributed by atoms with Crippen LogP contribution in [0.25, 0.3) is 16.0 Å². The summed E-state index contributed by atoms with van der Waals surface area (Å²) in [6, 6.07) is 16.4. The van der Waals surface area contributed by atoms with E-state index in [1.54, 1.807) is 60.7 Å². The van der Waals surface area contributed by atoms with Gasteiger partial charge in [-0.05, 0) is 60.5 Å². The highest BCUT2D eigenvalue weighted by atomic mass is 35.5. The van der Waals surface area contributed by atoms with E-state index in [1.807, 2.05) is 0 Å². The normalized spacial score (nSPS) is 17.9. The number of rotatable bonds is 7. The van der Waals surface area contributed by atoms with Crippen molar-refractivity contribution in [3.05, 3.63) is 82.4 Å². The molecule has 2 aliphatic heterocycles. The highest BCUT2D eigenvalue weighted by molar-refractivity contribution is 7.22. The summed E-state index contributed by atoms with van der Waals surface area (Å²) in [4.78, 5) is 33.1. The van der Waals surface area contributed by atoms with Gasteiger partial charge in [0.1, 0.15) is 24.7 Å². The zero-order chi connectivity index (χ0) is 27.8. The number of carbonyl (C=O) groups is 2. The van der Waals surface area contributed by atoms with Crippen LogP contribution in [0.1, 0.15) is 36.9 Å². The van der Waals surface area contributed by atoms with Crippen LogP contribution in [0, 0.1) is 0 Å². The monoisotopic (exact) mass is 576 g/mol. The first kappa shape index (κ1) is 26.2. The summed E-state index contributed by atoms with van der Waals surface area (Å²) in [7, 11) is 0. The van der Waals surface area contributed by atoms with Gasteiger partial charge >= 0.3 is 5.91 Å². The fourth-order valence-electron chi connectivity index (χ4n) is 4.76. The van der Waals surface area contributed by atoms with Crippen LogP contribution in [0.15, 0.2) is 66.2 Å². The van der Waals surface area contributed by atoms with Crippen LogP contribution >= 0.6 is 22.9 Å². The number of nitrogens with zero attached hydrogens (tertiary/aromatic N) is 2. The number of anilines is 1. The molecular formula is C30H25ClN2O6S. The molecule has 8 nitrogen and oxygen atoms in total. The summed E-state index contributed by atoms with van der Waals surface area (Å²) in [5, 5.41) is 12.4. The van der Waals surface area contributed by atoms with E-state index in [9.17, 15) is 14.7 Å². The lowest BCUT2D eigenvalue weighted by molar-refractivity contribution is -0.132. The predicted molar refractivity (Wildman–Crippen MR) is 154 cm³/mol. The number of amides is 1. The first-order valence-electron chi connectivity index (χ1n) is 12.9. The molecule has 3 aromatic carbocycles. The van der Waals surface area contributed by atoms with E-state index in [2.05, 4.69) is 11.9 Å². The molecule has 1 atom stereocenters. The fourth-order valence-corrected chi connectivity index (χ4v) is 6.03. The lowest BCUT2D eigenvalue weighted by Gasteiger charge is -2.23. The molecule has 2 aliphatic rings. The van der Waals surface area contributed by atoms with E-state index in [1.165, 1.54) is 16.2 Å². The van der Waals surface area contributed by atoms with Crippen molar-refractivity contribution in [1.82, 2.24) is 4.98 Å². The summed E-state index contributed by atoms with van der Waals surface area (Å²) in [5.74, 6) is -0.217. The number of aliphatic hydroxyl groups excluding tert-OH is 1. The SMILES string of the molecule is CCCCOc1ccc([C@H]2C(=C(O)c3ccc4c(c3)OCCO4)C(=O)C(=O)N2c2nc3ccc(Cl)cc3s2)cc1. The number of Topliss-reactive ketones (excluding diaryl/α,β-unsaturated/α-hetero) is 1. The van der Waals surface area contributed by atoms with Gasteiger partial charge in [-0.2, -0.15) is 0 Å². The largest absolute Gasteiger partial charge is 0.507 e. The molecule has 0 radical (unpaired) electrons. The Labute approximate surface area is 239 Å². The second kappa shape index (κ2) is 10.8. The van der Waals surface area contributed by atoms with Crippen LogP contribution in [-0.4, -0.2) is 41.6 Å². The van der Waals surface area contributed by atoms with E-state index < -0.39 is 17.7 Å². The number of hydrogen-bond donors (Lipinski definition) is 1. The van der Waals surface area contributed by atoms with Gasteiger partial charge in [-0.3, -0.25) is 14.5 Å². The molecule has 0 saturated carbocycles. The van der Waals surface area contributed by atoms with E-state index in [4.69, 9.17) is 25.8 Å². The molecule has 3 heterocycles.